The van der Waals surface area contributed by atoms with E-state index in [2.05, 4.69) is 6.92 Å². The van der Waals surface area contributed by atoms with Gasteiger partial charge in [-0.05, 0) is 29.9 Å². The average molecular weight is 311 g/mol. The molecule has 1 saturated heterocycles. The summed E-state index contributed by atoms with van der Waals surface area (Å²) in [6.07, 6.45) is 1.88. The van der Waals surface area contributed by atoms with Crippen molar-refractivity contribution < 1.29 is 8.42 Å². The van der Waals surface area contributed by atoms with Crippen molar-refractivity contribution in [3.8, 4) is 0 Å². The number of rotatable bonds is 5. The van der Waals surface area contributed by atoms with Crippen LogP contribution in [0.15, 0.2) is 24.3 Å². The van der Waals surface area contributed by atoms with Crippen molar-refractivity contribution in [1.82, 2.24) is 8.61 Å². The van der Waals surface area contributed by atoms with E-state index in [1.165, 1.54) is 4.31 Å². The normalized spacial score (nSPS) is 18.3. The second kappa shape index (κ2) is 6.87. The third-order valence-corrected chi connectivity index (χ3v) is 6.03. The molecule has 1 aliphatic rings. The van der Waals surface area contributed by atoms with E-state index in [4.69, 9.17) is 5.73 Å². The van der Waals surface area contributed by atoms with Crippen molar-refractivity contribution in [3.05, 3.63) is 35.4 Å². The summed E-state index contributed by atoms with van der Waals surface area (Å²) < 4.78 is 28.2. The molecule has 0 atom stereocenters. The van der Waals surface area contributed by atoms with Crippen LogP contribution in [0.5, 0.6) is 0 Å². The predicted molar refractivity (Wildman–Crippen MR) is 84.7 cm³/mol. The molecule has 2 N–H and O–H groups in total. The van der Waals surface area contributed by atoms with E-state index in [0.717, 1.165) is 24.0 Å². The van der Waals surface area contributed by atoms with Gasteiger partial charge >= 0.3 is 0 Å². The molecule has 0 spiro atoms. The molecule has 1 heterocycles. The summed E-state index contributed by atoms with van der Waals surface area (Å²) in [5, 5.41) is 0. The zero-order valence-electron chi connectivity index (χ0n) is 12.8. The van der Waals surface area contributed by atoms with Crippen LogP contribution in [0, 0.1) is 5.92 Å². The van der Waals surface area contributed by atoms with E-state index in [1.54, 1.807) is 11.4 Å². The highest BCUT2D eigenvalue weighted by Crippen LogP contribution is 2.21. The van der Waals surface area contributed by atoms with Crippen LogP contribution < -0.4 is 5.73 Å². The molecule has 0 bridgehead atoms. The SMILES string of the molecule is CC1CCN(S(=O)(=O)N(C)Cc2cccc(CN)c2)CC1. The third kappa shape index (κ3) is 4.03. The molecule has 1 aliphatic heterocycles. The Morgan fingerprint density at radius 1 is 1.29 bits per heavy atom. The molecule has 1 fully saturated rings. The van der Waals surface area contributed by atoms with Crippen LogP contribution in [-0.4, -0.2) is 37.2 Å². The Morgan fingerprint density at radius 3 is 2.52 bits per heavy atom. The highest BCUT2D eigenvalue weighted by Gasteiger charge is 2.29. The first-order valence-corrected chi connectivity index (χ1v) is 8.82. The fourth-order valence-corrected chi connectivity index (χ4v) is 3.99. The number of nitrogens with two attached hydrogens (primary N) is 1. The van der Waals surface area contributed by atoms with Crippen molar-refractivity contribution in [2.24, 2.45) is 11.7 Å². The van der Waals surface area contributed by atoms with E-state index in [1.807, 2.05) is 24.3 Å². The molecule has 118 valence electrons. The summed E-state index contributed by atoms with van der Waals surface area (Å²) >= 11 is 0. The molecule has 5 nitrogen and oxygen atoms in total. The maximum absolute atomic E-state index is 12.6. The Balaban J connectivity index is 2.05. The lowest BCUT2D eigenvalue weighted by Gasteiger charge is -2.32. The molecule has 0 radical (unpaired) electrons. The van der Waals surface area contributed by atoms with Gasteiger partial charge in [0.1, 0.15) is 0 Å². The molecule has 0 amide bonds. The standard InChI is InChI=1S/C15H25N3O2S/c1-13-6-8-18(9-7-13)21(19,20)17(2)12-15-5-3-4-14(10-15)11-16/h3-5,10,13H,6-9,11-12,16H2,1-2H3. The topological polar surface area (TPSA) is 66.6 Å². The lowest BCUT2D eigenvalue weighted by atomic mass is 10.0. The second-order valence-electron chi connectivity index (χ2n) is 5.87. The van der Waals surface area contributed by atoms with Gasteiger partial charge in [-0.1, -0.05) is 31.2 Å². The van der Waals surface area contributed by atoms with Crippen LogP contribution in [0.25, 0.3) is 0 Å². The van der Waals surface area contributed by atoms with Crippen LogP contribution in [0.4, 0.5) is 0 Å². The average Bonchev–Trinajstić information content (AvgIpc) is 2.48. The van der Waals surface area contributed by atoms with Crippen LogP contribution >= 0.6 is 0 Å². The van der Waals surface area contributed by atoms with Crippen LogP contribution in [0.3, 0.4) is 0 Å². The van der Waals surface area contributed by atoms with Crippen molar-refractivity contribution in [3.63, 3.8) is 0 Å². The van der Waals surface area contributed by atoms with Crippen LogP contribution in [0.2, 0.25) is 0 Å². The molecule has 0 aromatic heterocycles. The number of nitrogens with zero attached hydrogens (tertiary/aromatic N) is 2. The van der Waals surface area contributed by atoms with Gasteiger partial charge in [0.15, 0.2) is 0 Å². The summed E-state index contributed by atoms with van der Waals surface area (Å²) in [5.74, 6) is 0.614. The Kier molecular flexibility index (Phi) is 5.37. The van der Waals surface area contributed by atoms with Gasteiger partial charge in [0.25, 0.3) is 10.2 Å². The lowest BCUT2D eigenvalue weighted by Crippen LogP contribution is -2.45. The van der Waals surface area contributed by atoms with E-state index in [-0.39, 0.29) is 0 Å². The molecule has 1 aromatic rings. The number of hydrogen-bond acceptors (Lipinski definition) is 3. The van der Waals surface area contributed by atoms with E-state index in [9.17, 15) is 8.42 Å². The zero-order valence-corrected chi connectivity index (χ0v) is 13.6. The Bertz CT molecular complexity index is 566. The fourth-order valence-electron chi connectivity index (χ4n) is 2.61. The lowest BCUT2D eigenvalue weighted by molar-refractivity contribution is 0.269. The van der Waals surface area contributed by atoms with Gasteiger partial charge in [-0.15, -0.1) is 0 Å². The van der Waals surface area contributed by atoms with Crippen molar-refractivity contribution in [2.75, 3.05) is 20.1 Å². The number of benzene rings is 1. The third-order valence-electron chi connectivity index (χ3n) is 4.10. The molecular weight excluding hydrogens is 286 g/mol. The highest BCUT2D eigenvalue weighted by atomic mass is 32.2. The van der Waals surface area contributed by atoms with Gasteiger partial charge in [-0.25, -0.2) is 0 Å². The molecule has 1 aromatic carbocycles. The van der Waals surface area contributed by atoms with Crippen LogP contribution in [-0.2, 0) is 23.3 Å². The summed E-state index contributed by atoms with van der Waals surface area (Å²) in [6, 6.07) is 7.76. The van der Waals surface area contributed by atoms with Gasteiger partial charge in [0.05, 0.1) is 0 Å². The molecule has 0 saturated carbocycles. The van der Waals surface area contributed by atoms with E-state index >= 15 is 0 Å². The quantitative estimate of drug-likeness (QED) is 0.897. The first-order chi connectivity index (χ1) is 9.93. The van der Waals surface area contributed by atoms with Crippen molar-refractivity contribution in [2.45, 2.75) is 32.9 Å². The second-order valence-corrected chi connectivity index (χ2v) is 7.90. The monoisotopic (exact) mass is 311 g/mol. The molecule has 0 unspecified atom stereocenters. The number of hydrogen-bond donors (Lipinski definition) is 1. The minimum atomic E-state index is -3.37. The smallest absolute Gasteiger partial charge is 0.282 e. The molecule has 2 rings (SSSR count). The molecule has 21 heavy (non-hydrogen) atoms. The summed E-state index contributed by atoms with van der Waals surface area (Å²) in [5.41, 5.74) is 7.61. The van der Waals surface area contributed by atoms with Crippen molar-refractivity contribution >= 4 is 10.2 Å². The summed E-state index contributed by atoms with van der Waals surface area (Å²) in [7, 11) is -1.73. The Labute approximate surface area is 127 Å². The van der Waals surface area contributed by atoms with Gasteiger partial charge in [-0.3, -0.25) is 0 Å². The fraction of sp³-hybridized carbons (Fsp3) is 0.600. The van der Waals surface area contributed by atoms with Crippen LogP contribution in [0.1, 0.15) is 30.9 Å². The number of piperidine rings is 1. The van der Waals surface area contributed by atoms with E-state index in [0.29, 0.717) is 32.1 Å². The van der Waals surface area contributed by atoms with Gasteiger partial charge in [0.2, 0.25) is 0 Å². The summed E-state index contributed by atoms with van der Waals surface area (Å²) in [4.78, 5) is 0. The van der Waals surface area contributed by atoms with Gasteiger partial charge in [-0.2, -0.15) is 17.0 Å². The minimum absolute atomic E-state index is 0.377. The van der Waals surface area contributed by atoms with Crippen molar-refractivity contribution in [1.29, 1.82) is 0 Å². The maximum Gasteiger partial charge on any atom is 0.282 e. The Hall–Kier alpha value is -0.950. The van der Waals surface area contributed by atoms with Gasteiger partial charge < -0.3 is 5.73 Å². The molecule has 6 heteroatoms. The Morgan fingerprint density at radius 2 is 1.90 bits per heavy atom. The predicted octanol–water partition coefficient (Wildman–Crippen LogP) is 1.55. The minimum Gasteiger partial charge on any atom is -0.326 e. The first-order valence-electron chi connectivity index (χ1n) is 7.42. The van der Waals surface area contributed by atoms with E-state index < -0.39 is 10.2 Å². The highest BCUT2D eigenvalue weighted by molar-refractivity contribution is 7.86. The van der Waals surface area contributed by atoms with Gasteiger partial charge in [0, 0.05) is 33.2 Å². The molecular formula is C15H25N3O2S. The molecule has 0 aliphatic carbocycles. The summed E-state index contributed by atoms with van der Waals surface area (Å²) in [6.45, 7) is 4.26. The zero-order chi connectivity index (χ0) is 15.5. The largest absolute Gasteiger partial charge is 0.326 e. The maximum atomic E-state index is 12.6. The first kappa shape index (κ1) is 16.4.